The van der Waals surface area contributed by atoms with Crippen LogP contribution in [0.15, 0.2) is 0 Å². The van der Waals surface area contributed by atoms with Crippen LogP contribution in [0, 0.1) is 11.8 Å². The first kappa shape index (κ1) is 20.6. The smallest absolute Gasteiger partial charge is 0.326 e. The molecule has 9 nitrogen and oxygen atoms in total. The topological polar surface area (TPSA) is 150 Å². The number of carboxylic acid groups (broad SMARTS) is 2. The highest BCUT2D eigenvalue weighted by Gasteiger charge is 2.29. The summed E-state index contributed by atoms with van der Waals surface area (Å²) in [4.78, 5) is 55.3. The number of carbonyl (C=O) groups excluding carboxylic acids is 3. The summed E-state index contributed by atoms with van der Waals surface area (Å²) in [7, 11) is 0. The Morgan fingerprint density at radius 2 is 1.72 bits per heavy atom. The number of aldehydes is 1. The minimum atomic E-state index is -1.18. The van der Waals surface area contributed by atoms with Gasteiger partial charge in [0.15, 0.2) is 0 Å². The predicted octanol–water partition coefficient (Wildman–Crippen LogP) is -0.0678. The second kappa shape index (κ2) is 10.4. The fourth-order valence-corrected chi connectivity index (χ4v) is 2.87. The van der Waals surface area contributed by atoms with Crippen molar-refractivity contribution < 1.29 is 34.2 Å². The van der Waals surface area contributed by atoms with Gasteiger partial charge in [-0.1, -0.05) is 0 Å². The molecule has 0 spiro atoms. The minimum Gasteiger partial charge on any atom is -0.481 e. The molecule has 0 aliphatic heterocycles. The number of aliphatic carboxylic acids is 2. The molecule has 1 saturated carbocycles. The van der Waals surface area contributed by atoms with Crippen molar-refractivity contribution in [2.75, 3.05) is 6.54 Å². The van der Waals surface area contributed by atoms with E-state index in [2.05, 4.69) is 10.6 Å². The van der Waals surface area contributed by atoms with E-state index in [1.807, 2.05) is 0 Å². The van der Waals surface area contributed by atoms with Crippen molar-refractivity contribution >= 4 is 30.0 Å². The first-order chi connectivity index (χ1) is 11.8. The number of hydrogen-bond donors (Lipinski definition) is 4. The van der Waals surface area contributed by atoms with Gasteiger partial charge in [0.25, 0.3) is 0 Å². The highest BCUT2D eigenvalue weighted by atomic mass is 16.4. The van der Waals surface area contributed by atoms with Crippen LogP contribution in [0.4, 0.5) is 0 Å². The third kappa shape index (κ3) is 7.77. The maximum atomic E-state index is 12.2. The lowest BCUT2D eigenvalue weighted by atomic mass is 9.81. The van der Waals surface area contributed by atoms with E-state index in [1.54, 1.807) is 0 Å². The zero-order chi connectivity index (χ0) is 18.8. The lowest BCUT2D eigenvalue weighted by molar-refractivity contribution is -0.143. The number of hydrogen-bond acceptors (Lipinski definition) is 5. The van der Waals surface area contributed by atoms with Gasteiger partial charge >= 0.3 is 11.9 Å². The van der Waals surface area contributed by atoms with Crippen molar-refractivity contribution in [1.29, 1.82) is 0 Å². The molecule has 9 heteroatoms. The molecule has 2 amide bonds. The Bertz CT molecular complexity index is 513. The van der Waals surface area contributed by atoms with Crippen molar-refractivity contribution in [3.63, 3.8) is 0 Å². The fourth-order valence-electron chi connectivity index (χ4n) is 2.87. The number of carbonyl (C=O) groups is 5. The molecule has 1 atom stereocenters. The molecule has 140 valence electrons. The van der Waals surface area contributed by atoms with Gasteiger partial charge in [0.2, 0.25) is 11.8 Å². The number of carboxylic acids is 2. The van der Waals surface area contributed by atoms with Gasteiger partial charge in [-0.25, -0.2) is 4.79 Å². The standard InChI is InChI=1S/C16H24N2O7/c19-7-1-2-12(16(24)25)18-15(23)11-5-3-10(4-6-11)9-17-13(20)8-14(21)22/h7,10-12H,1-6,8-9H2,(H,17,20)(H,18,23)(H,21,22)(H,24,25). The van der Waals surface area contributed by atoms with Gasteiger partial charge < -0.3 is 25.6 Å². The summed E-state index contributed by atoms with van der Waals surface area (Å²) in [6.45, 7) is 0.373. The SMILES string of the molecule is O=CCCC(NC(=O)C1CCC(CNC(=O)CC(=O)O)CC1)C(=O)O. The fraction of sp³-hybridized carbons (Fsp3) is 0.688. The molecule has 0 heterocycles. The highest BCUT2D eigenvalue weighted by Crippen LogP contribution is 2.28. The molecular weight excluding hydrogens is 332 g/mol. The molecule has 0 radical (unpaired) electrons. The quantitative estimate of drug-likeness (QED) is 0.316. The van der Waals surface area contributed by atoms with Crippen LogP contribution in [-0.2, 0) is 24.0 Å². The zero-order valence-corrected chi connectivity index (χ0v) is 13.9. The van der Waals surface area contributed by atoms with E-state index < -0.39 is 30.3 Å². The van der Waals surface area contributed by atoms with Crippen LogP contribution in [0.5, 0.6) is 0 Å². The highest BCUT2D eigenvalue weighted by molar-refractivity contribution is 5.93. The normalized spacial score (nSPS) is 21.0. The number of rotatable bonds is 10. The van der Waals surface area contributed by atoms with E-state index in [-0.39, 0.29) is 30.6 Å². The lowest BCUT2D eigenvalue weighted by Gasteiger charge is -2.28. The van der Waals surface area contributed by atoms with E-state index in [4.69, 9.17) is 10.2 Å². The van der Waals surface area contributed by atoms with Crippen molar-refractivity contribution in [1.82, 2.24) is 10.6 Å². The Morgan fingerprint density at radius 3 is 2.24 bits per heavy atom. The Labute approximate surface area is 145 Å². The predicted molar refractivity (Wildman–Crippen MR) is 85.6 cm³/mol. The molecule has 0 saturated heterocycles. The van der Waals surface area contributed by atoms with Crippen LogP contribution in [0.2, 0.25) is 0 Å². The maximum Gasteiger partial charge on any atom is 0.326 e. The van der Waals surface area contributed by atoms with E-state index in [1.165, 1.54) is 0 Å². The van der Waals surface area contributed by atoms with Crippen molar-refractivity contribution in [3.05, 3.63) is 0 Å². The van der Waals surface area contributed by atoms with E-state index >= 15 is 0 Å². The summed E-state index contributed by atoms with van der Waals surface area (Å²) in [5, 5.41) is 22.6. The van der Waals surface area contributed by atoms with Gasteiger partial charge in [-0.2, -0.15) is 0 Å². The van der Waals surface area contributed by atoms with Gasteiger partial charge in [-0.15, -0.1) is 0 Å². The molecule has 0 aromatic rings. The van der Waals surface area contributed by atoms with Gasteiger partial charge in [-0.3, -0.25) is 14.4 Å². The van der Waals surface area contributed by atoms with Crippen molar-refractivity contribution in [2.24, 2.45) is 11.8 Å². The molecule has 1 aliphatic carbocycles. The van der Waals surface area contributed by atoms with Crippen LogP contribution >= 0.6 is 0 Å². The van der Waals surface area contributed by atoms with Crippen LogP contribution < -0.4 is 10.6 Å². The summed E-state index contributed by atoms with van der Waals surface area (Å²) in [5.41, 5.74) is 0. The Morgan fingerprint density at radius 1 is 1.08 bits per heavy atom. The molecule has 0 bridgehead atoms. The Balaban J connectivity index is 2.35. The molecule has 1 fully saturated rings. The second-order valence-corrected chi connectivity index (χ2v) is 6.24. The third-order valence-corrected chi connectivity index (χ3v) is 4.31. The van der Waals surface area contributed by atoms with Gasteiger partial charge in [-0.05, 0) is 38.0 Å². The largest absolute Gasteiger partial charge is 0.481 e. The van der Waals surface area contributed by atoms with Crippen molar-refractivity contribution in [3.8, 4) is 0 Å². The van der Waals surface area contributed by atoms with Gasteiger partial charge in [0.05, 0.1) is 0 Å². The van der Waals surface area contributed by atoms with Gasteiger partial charge in [0, 0.05) is 18.9 Å². The lowest BCUT2D eigenvalue weighted by Crippen LogP contribution is -2.44. The van der Waals surface area contributed by atoms with Gasteiger partial charge in [0.1, 0.15) is 18.7 Å². The Kier molecular flexibility index (Phi) is 8.59. The number of nitrogens with one attached hydrogen (secondary N) is 2. The summed E-state index contributed by atoms with van der Waals surface area (Å²) in [6.07, 6.45) is 2.72. The van der Waals surface area contributed by atoms with Crippen LogP contribution in [-0.4, -0.2) is 52.8 Å². The second-order valence-electron chi connectivity index (χ2n) is 6.24. The molecule has 25 heavy (non-hydrogen) atoms. The van der Waals surface area contributed by atoms with E-state index in [0.29, 0.717) is 38.5 Å². The zero-order valence-electron chi connectivity index (χ0n) is 13.9. The van der Waals surface area contributed by atoms with E-state index in [9.17, 15) is 24.0 Å². The average molecular weight is 356 g/mol. The van der Waals surface area contributed by atoms with Crippen molar-refractivity contribution in [2.45, 2.75) is 51.0 Å². The summed E-state index contributed by atoms with van der Waals surface area (Å²) < 4.78 is 0. The summed E-state index contributed by atoms with van der Waals surface area (Å²) >= 11 is 0. The van der Waals surface area contributed by atoms with Crippen LogP contribution in [0.3, 0.4) is 0 Å². The summed E-state index contributed by atoms with van der Waals surface area (Å²) in [6, 6.07) is -1.06. The molecule has 0 aromatic carbocycles. The molecule has 1 unspecified atom stereocenters. The molecule has 4 N–H and O–H groups in total. The molecular formula is C16H24N2O7. The van der Waals surface area contributed by atoms with Crippen LogP contribution in [0.1, 0.15) is 44.9 Å². The minimum absolute atomic E-state index is 0.0650. The van der Waals surface area contributed by atoms with E-state index in [0.717, 1.165) is 0 Å². The van der Waals surface area contributed by atoms with Crippen LogP contribution in [0.25, 0.3) is 0 Å². The first-order valence-electron chi connectivity index (χ1n) is 8.28. The average Bonchev–Trinajstić information content (AvgIpc) is 2.56. The maximum absolute atomic E-state index is 12.2. The molecule has 1 rings (SSSR count). The molecule has 0 aromatic heterocycles. The first-order valence-corrected chi connectivity index (χ1v) is 8.28. The molecule has 1 aliphatic rings. The number of amides is 2. The monoisotopic (exact) mass is 356 g/mol. The summed E-state index contributed by atoms with van der Waals surface area (Å²) in [5.74, 6) is -3.32. The third-order valence-electron chi connectivity index (χ3n) is 4.31. The Hall–Kier alpha value is -2.45.